The molecule has 0 saturated heterocycles. The Hall–Kier alpha value is -3.57. The summed E-state index contributed by atoms with van der Waals surface area (Å²) in [6.45, 7) is 6.07. The van der Waals surface area contributed by atoms with E-state index in [1.165, 1.54) is 22.5 Å². The molecule has 31 heavy (non-hydrogen) atoms. The molecule has 152 valence electrons. The molecule has 0 atom stereocenters. The molecule has 0 fully saturated rings. The number of rotatable bonds is 3. The average molecular weight is 424 g/mol. The van der Waals surface area contributed by atoms with Crippen molar-refractivity contribution in [1.82, 2.24) is 9.97 Å². The first-order valence-electron chi connectivity index (χ1n) is 10.1. The first-order valence-corrected chi connectivity index (χ1v) is 11.0. The van der Waals surface area contributed by atoms with Gasteiger partial charge in [0.05, 0.1) is 27.0 Å². The van der Waals surface area contributed by atoms with Gasteiger partial charge in [-0.2, -0.15) is 0 Å². The van der Waals surface area contributed by atoms with E-state index in [-0.39, 0.29) is 5.91 Å². The highest BCUT2D eigenvalue weighted by atomic mass is 32.1. The summed E-state index contributed by atoms with van der Waals surface area (Å²) < 4.78 is 1.06. The van der Waals surface area contributed by atoms with E-state index in [2.05, 4.69) is 54.5 Å². The summed E-state index contributed by atoms with van der Waals surface area (Å²) in [5.74, 6) is -0.166. The Morgan fingerprint density at radius 1 is 0.839 bits per heavy atom. The van der Waals surface area contributed by atoms with Crippen LogP contribution in [0.3, 0.4) is 0 Å². The lowest BCUT2D eigenvalue weighted by Gasteiger charge is -2.14. The molecule has 0 saturated carbocycles. The summed E-state index contributed by atoms with van der Waals surface area (Å²) in [5.41, 5.74) is 7.37. The molecule has 0 bridgehead atoms. The second kappa shape index (κ2) is 7.60. The molecule has 0 spiro atoms. The summed E-state index contributed by atoms with van der Waals surface area (Å²) in [6, 6.07) is 22.1. The molecule has 5 rings (SSSR count). The van der Waals surface area contributed by atoms with Gasteiger partial charge in [0.15, 0.2) is 5.13 Å². The molecule has 2 aromatic heterocycles. The summed E-state index contributed by atoms with van der Waals surface area (Å²) in [5, 5.41) is 4.47. The van der Waals surface area contributed by atoms with E-state index in [9.17, 15) is 4.79 Å². The van der Waals surface area contributed by atoms with Crippen LogP contribution >= 0.6 is 11.3 Å². The second-order valence-corrected chi connectivity index (χ2v) is 8.82. The number of carbonyl (C=O) groups excluding carboxylic acids is 1. The molecule has 2 heterocycles. The van der Waals surface area contributed by atoms with Crippen molar-refractivity contribution in [2.24, 2.45) is 0 Å². The van der Waals surface area contributed by atoms with Crippen LogP contribution in [0.25, 0.3) is 32.4 Å². The van der Waals surface area contributed by atoms with Crippen molar-refractivity contribution in [1.29, 1.82) is 0 Å². The van der Waals surface area contributed by atoms with Crippen molar-refractivity contribution in [3.63, 3.8) is 0 Å². The average Bonchev–Trinajstić information content (AvgIpc) is 3.15. The van der Waals surface area contributed by atoms with Crippen molar-refractivity contribution >= 4 is 43.5 Å². The first kappa shape index (κ1) is 19.4. The smallest absolute Gasteiger partial charge is 0.258 e. The van der Waals surface area contributed by atoms with Crippen LogP contribution in [0.2, 0.25) is 0 Å². The van der Waals surface area contributed by atoms with E-state index in [0.29, 0.717) is 10.7 Å². The van der Waals surface area contributed by atoms with Crippen LogP contribution in [0, 0.1) is 20.8 Å². The molecule has 0 aliphatic heterocycles. The fourth-order valence-corrected chi connectivity index (χ4v) is 4.80. The fourth-order valence-electron chi connectivity index (χ4n) is 3.84. The van der Waals surface area contributed by atoms with Crippen LogP contribution in [0.5, 0.6) is 0 Å². The number of anilines is 1. The predicted molar refractivity (Wildman–Crippen MR) is 129 cm³/mol. The second-order valence-electron chi connectivity index (χ2n) is 7.79. The van der Waals surface area contributed by atoms with Crippen molar-refractivity contribution in [3.8, 4) is 11.3 Å². The molecule has 5 aromatic rings. The highest BCUT2D eigenvalue weighted by Crippen LogP contribution is 2.32. The molecule has 3 aromatic carbocycles. The molecule has 0 unspecified atom stereocenters. The summed E-state index contributed by atoms with van der Waals surface area (Å²) in [7, 11) is 0. The minimum atomic E-state index is -0.166. The van der Waals surface area contributed by atoms with E-state index in [1.807, 2.05) is 43.3 Å². The lowest BCUT2D eigenvalue weighted by atomic mass is 9.97. The number of pyridine rings is 1. The normalized spacial score (nSPS) is 11.2. The summed E-state index contributed by atoms with van der Waals surface area (Å²) in [4.78, 5) is 22.9. The SMILES string of the molecule is Cc1ccc(-c2nc3ccccc3c(C(=O)Nc3nc4ccc(C)cc4s3)c2C)cc1. The zero-order valence-electron chi connectivity index (χ0n) is 17.6. The van der Waals surface area contributed by atoms with Crippen LogP contribution < -0.4 is 5.32 Å². The number of benzene rings is 3. The third-order valence-electron chi connectivity index (χ3n) is 5.45. The molecule has 1 amide bonds. The van der Waals surface area contributed by atoms with E-state index in [4.69, 9.17) is 4.98 Å². The highest BCUT2D eigenvalue weighted by Gasteiger charge is 2.20. The molecular weight excluding hydrogens is 402 g/mol. The number of thiazole rings is 1. The number of aryl methyl sites for hydroxylation is 2. The Labute approximate surface area is 184 Å². The van der Waals surface area contributed by atoms with Crippen LogP contribution in [0.15, 0.2) is 66.7 Å². The van der Waals surface area contributed by atoms with Crippen LogP contribution in [0.4, 0.5) is 5.13 Å². The van der Waals surface area contributed by atoms with E-state index in [1.54, 1.807) is 0 Å². The van der Waals surface area contributed by atoms with Crippen LogP contribution in [0.1, 0.15) is 27.0 Å². The van der Waals surface area contributed by atoms with Crippen molar-refractivity contribution in [2.75, 3.05) is 5.32 Å². The van der Waals surface area contributed by atoms with Gasteiger partial charge in [-0.05, 0) is 50.1 Å². The number of fused-ring (bicyclic) bond motifs is 2. The Morgan fingerprint density at radius 2 is 1.58 bits per heavy atom. The lowest BCUT2D eigenvalue weighted by molar-refractivity contribution is 0.102. The number of para-hydroxylation sites is 1. The Bertz CT molecular complexity index is 1450. The minimum Gasteiger partial charge on any atom is -0.298 e. The maximum atomic E-state index is 13.5. The van der Waals surface area contributed by atoms with Gasteiger partial charge in [0, 0.05) is 10.9 Å². The highest BCUT2D eigenvalue weighted by molar-refractivity contribution is 7.22. The fraction of sp³-hybridized carbons (Fsp3) is 0.115. The zero-order chi connectivity index (χ0) is 21.5. The Morgan fingerprint density at radius 3 is 2.39 bits per heavy atom. The van der Waals surface area contributed by atoms with E-state index < -0.39 is 0 Å². The van der Waals surface area contributed by atoms with Crippen LogP contribution in [-0.2, 0) is 0 Å². The largest absolute Gasteiger partial charge is 0.298 e. The summed E-state index contributed by atoms with van der Waals surface area (Å²) >= 11 is 1.49. The lowest BCUT2D eigenvalue weighted by Crippen LogP contribution is -2.15. The minimum absolute atomic E-state index is 0.166. The first-order chi connectivity index (χ1) is 15.0. The molecule has 5 heteroatoms. The third kappa shape index (κ3) is 3.57. The monoisotopic (exact) mass is 423 g/mol. The molecule has 4 nitrogen and oxygen atoms in total. The Kier molecular flexibility index (Phi) is 4.75. The van der Waals surface area contributed by atoms with E-state index in [0.717, 1.165) is 37.9 Å². The van der Waals surface area contributed by atoms with Gasteiger partial charge in [-0.25, -0.2) is 9.97 Å². The number of nitrogens with one attached hydrogen (secondary N) is 1. The van der Waals surface area contributed by atoms with Crippen LogP contribution in [-0.4, -0.2) is 15.9 Å². The topological polar surface area (TPSA) is 54.9 Å². The van der Waals surface area contributed by atoms with Gasteiger partial charge in [-0.3, -0.25) is 10.1 Å². The maximum Gasteiger partial charge on any atom is 0.258 e. The van der Waals surface area contributed by atoms with E-state index >= 15 is 0 Å². The summed E-state index contributed by atoms with van der Waals surface area (Å²) in [6.07, 6.45) is 0. The van der Waals surface area contributed by atoms with Gasteiger partial charge < -0.3 is 0 Å². The number of carbonyl (C=O) groups is 1. The number of aromatic nitrogens is 2. The Balaban J connectivity index is 1.62. The third-order valence-corrected chi connectivity index (χ3v) is 6.39. The standard InChI is InChI=1S/C26H21N3OS/c1-15-8-11-18(12-9-15)24-17(3)23(19-6-4-5-7-20(19)27-24)25(30)29-26-28-21-13-10-16(2)14-22(21)31-26/h4-14H,1-3H3,(H,28,29,30). The molecule has 0 aliphatic rings. The molecule has 1 N–H and O–H groups in total. The molecule has 0 radical (unpaired) electrons. The number of hydrogen-bond donors (Lipinski definition) is 1. The van der Waals surface area contributed by atoms with Gasteiger partial charge >= 0.3 is 0 Å². The van der Waals surface area contributed by atoms with Crippen molar-refractivity contribution in [3.05, 3.63) is 89.0 Å². The zero-order valence-corrected chi connectivity index (χ0v) is 18.4. The maximum absolute atomic E-state index is 13.5. The quantitative estimate of drug-likeness (QED) is 0.352. The number of amides is 1. The van der Waals surface area contributed by atoms with Gasteiger partial charge in [-0.15, -0.1) is 0 Å². The number of nitrogens with zero attached hydrogens (tertiary/aromatic N) is 2. The van der Waals surface area contributed by atoms with Crippen molar-refractivity contribution < 1.29 is 4.79 Å². The van der Waals surface area contributed by atoms with Crippen molar-refractivity contribution in [2.45, 2.75) is 20.8 Å². The molecule has 0 aliphatic carbocycles. The van der Waals surface area contributed by atoms with Gasteiger partial charge in [-0.1, -0.05) is 65.4 Å². The van der Waals surface area contributed by atoms with Gasteiger partial charge in [0.25, 0.3) is 5.91 Å². The molecular formula is C26H21N3OS. The number of hydrogen-bond acceptors (Lipinski definition) is 4. The predicted octanol–water partition coefficient (Wildman–Crippen LogP) is 6.69. The van der Waals surface area contributed by atoms with Gasteiger partial charge in [0.2, 0.25) is 0 Å². The van der Waals surface area contributed by atoms with Gasteiger partial charge in [0.1, 0.15) is 0 Å².